The van der Waals surface area contributed by atoms with Crippen molar-refractivity contribution in [2.45, 2.75) is 0 Å². The van der Waals surface area contributed by atoms with E-state index < -0.39 is 0 Å². The van der Waals surface area contributed by atoms with E-state index in [1.54, 1.807) is 0 Å². The molecule has 54 heavy (non-hydrogen) atoms. The molecular formula is C52H36N2. The molecule has 10 rings (SSSR count). The number of hydrogen-bond donors (Lipinski definition) is 0. The molecule has 0 unspecified atom stereocenters. The summed E-state index contributed by atoms with van der Waals surface area (Å²) in [6.45, 7) is 0. The third-order valence-corrected chi connectivity index (χ3v) is 10.5. The molecule has 0 radical (unpaired) electrons. The molecule has 0 aliphatic heterocycles. The molecule has 1 heterocycles. The van der Waals surface area contributed by atoms with Crippen LogP contribution in [0.1, 0.15) is 0 Å². The van der Waals surface area contributed by atoms with E-state index in [9.17, 15) is 0 Å². The fourth-order valence-corrected chi connectivity index (χ4v) is 8.01. The van der Waals surface area contributed by atoms with Crippen molar-refractivity contribution in [3.8, 4) is 39.1 Å². The van der Waals surface area contributed by atoms with E-state index in [1.807, 2.05) is 0 Å². The Balaban J connectivity index is 1.15. The van der Waals surface area contributed by atoms with Crippen molar-refractivity contribution in [1.29, 1.82) is 0 Å². The van der Waals surface area contributed by atoms with Crippen LogP contribution in [0.4, 0.5) is 17.1 Å². The minimum Gasteiger partial charge on any atom is -0.310 e. The summed E-state index contributed by atoms with van der Waals surface area (Å²) >= 11 is 0. The second-order valence-electron chi connectivity index (χ2n) is 13.8. The predicted octanol–water partition coefficient (Wildman–Crippen LogP) is 14.4. The summed E-state index contributed by atoms with van der Waals surface area (Å²) in [7, 11) is 0. The Kier molecular flexibility index (Phi) is 7.85. The van der Waals surface area contributed by atoms with Crippen LogP contribution >= 0.6 is 0 Å². The van der Waals surface area contributed by atoms with Gasteiger partial charge in [0.2, 0.25) is 0 Å². The standard InChI is InChI=1S/C52H36N2/c1-3-16-39(17-4-1)47-21-9-10-22-48(47)42-33-41(35-46(36-42)54-51-25-13-11-23-49(51)50-24-12-14-26-52(50)54)38-27-30-44(31-28-38)53(43-19-5-2-6-20-43)45-32-29-37-15-7-8-18-40(37)34-45/h1-36H. The maximum Gasteiger partial charge on any atom is 0.0541 e. The maximum atomic E-state index is 2.42. The lowest BCUT2D eigenvalue weighted by molar-refractivity contribution is 1.18. The van der Waals surface area contributed by atoms with Gasteiger partial charge < -0.3 is 9.47 Å². The highest BCUT2D eigenvalue weighted by atomic mass is 15.1. The van der Waals surface area contributed by atoms with E-state index >= 15 is 0 Å². The van der Waals surface area contributed by atoms with Crippen LogP contribution in [0.15, 0.2) is 218 Å². The number of nitrogens with zero attached hydrogens (tertiary/aromatic N) is 2. The van der Waals surface area contributed by atoms with Crippen molar-refractivity contribution < 1.29 is 0 Å². The average Bonchev–Trinajstić information content (AvgIpc) is 3.59. The molecule has 0 aliphatic carbocycles. The van der Waals surface area contributed by atoms with E-state index in [0.29, 0.717) is 0 Å². The Morgan fingerprint density at radius 2 is 0.815 bits per heavy atom. The molecular weight excluding hydrogens is 653 g/mol. The first kappa shape index (κ1) is 31.6. The monoisotopic (exact) mass is 688 g/mol. The Labute approximate surface area is 315 Å². The maximum absolute atomic E-state index is 2.42. The quantitative estimate of drug-likeness (QED) is 0.162. The van der Waals surface area contributed by atoms with Crippen molar-refractivity contribution >= 4 is 49.6 Å². The predicted molar refractivity (Wildman–Crippen MR) is 229 cm³/mol. The van der Waals surface area contributed by atoms with Gasteiger partial charge in [0.15, 0.2) is 0 Å². The Morgan fingerprint density at radius 3 is 1.52 bits per heavy atom. The van der Waals surface area contributed by atoms with Gasteiger partial charge in [-0.3, -0.25) is 0 Å². The normalized spacial score (nSPS) is 11.3. The fraction of sp³-hybridized carbons (Fsp3) is 0. The van der Waals surface area contributed by atoms with Gasteiger partial charge in [0.1, 0.15) is 0 Å². The summed E-state index contributed by atoms with van der Waals surface area (Å²) in [5, 5.41) is 4.96. The number of rotatable bonds is 7. The molecule has 2 heteroatoms. The molecule has 0 spiro atoms. The minimum absolute atomic E-state index is 1.11. The lowest BCUT2D eigenvalue weighted by atomic mass is 9.92. The molecule has 0 bridgehead atoms. The molecule has 0 fully saturated rings. The van der Waals surface area contributed by atoms with E-state index in [1.165, 1.54) is 54.8 Å². The zero-order chi connectivity index (χ0) is 35.8. The van der Waals surface area contributed by atoms with Gasteiger partial charge in [0, 0.05) is 33.5 Å². The summed E-state index contributed by atoms with van der Waals surface area (Å²) in [5.41, 5.74) is 14.0. The first-order chi connectivity index (χ1) is 26.8. The molecule has 1 aromatic heterocycles. The van der Waals surface area contributed by atoms with Gasteiger partial charge in [-0.15, -0.1) is 0 Å². The molecule has 254 valence electrons. The molecule has 0 saturated carbocycles. The van der Waals surface area contributed by atoms with Crippen LogP contribution in [-0.4, -0.2) is 4.57 Å². The van der Waals surface area contributed by atoms with Crippen molar-refractivity contribution in [2.24, 2.45) is 0 Å². The zero-order valence-electron chi connectivity index (χ0n) is 29.7. The van der Waals surface area contributed by atoms with Gasteiger partial charge in [0.05, 0.1) is 11.0 Å². The lowest BCUT2D eigenvalue weighted by Crippen LogP contribution is -2.09. The van der Waals surface area contributed by atoms with Crippen LogP contribution in [0.5, 0.6) is 0 Å². The lowest BCUT2D eigenvalue weighted by Gasteiger charge is -2.26. The summed E-state index contributed by atoms with van der Waals surface area (Å²) in [4.78, 5) is 2.34. The SMILES string of the molecule is c1ccc(-c2ccccc2-c2cc(-c3ccc(N(c4ccccc4)c4ccc5ccccc5c4)cc3)cc(-n3c4ccccc4c4ccccc43)c2)cc1. The van der Waals surface area contributed by atoms with E-state index in [0.717, 1.165) is 33.9 Å². The molecule has 0 N–H and O–H groups in total. The fourth-order valence-electron chi connectivity index (χ4n) is 8.01. The Bertz CT molecular complexity index is 2870. The zero-order valence-corrected chi connectivity index (χ0v) is 29.7. The Hall–Kier alpha value is -7.16. The number of aromatic nitrogens is 1. The van der Waals surface area contributed by atoms with Crippen LogP contribution < -0.4 is 4.90 Å². The largest absolute Gasteiger partial charge is 0.310 e. The molecule has 2 nitrogen and oxygen atoms in total. The molecule has 0 aliphatic rings. The molecule has 0 saturated heterocycles. The molecule has 10 aromatic rings. The number of hydrogen-bond acceptors (Lipinski definition) is 1. The van der Waals surface area contributed by atoms with Gasteiger partial charge in [0.25, 0.3) is 0 Å². The third-order valence-electron chi connectivity index (χ3n) is 10.5. The highest BCUT2D eigenvalue weighted by Crippen LogP contribution is 2.41. The molecule has 0 amide bonds. The minimum atomic E-state index is 1.11. The highest BCUT2D eigenvalue weighted by Gasteiger charge is 2.17. The highest BCUT2D eigenvalue weighted by molar-refractivity contribution is 6.09. The van der Waals surface area contributed by atoms with Crippen LogP contribution in [0.3, 0.4) is 0 Å². The number of benzene rings is 9. The Morgan fingerprint density at radius 1 is 0.296 bits per heavy atom. The van der Waals surface area contributed by atoms with Crippen LogP contribution in [0, 0.1) is 0 Å². The third kappa shape index (κ3) is 5.62. The van der Waals surface area contributed by atoms with Gasteiger partial charge in [-0.2, -0.15) is 0 Å². The van der Waals surface area contributed by atoms with E-state index in [2.05, 4.69) is 228 Å². The first-order valence-electron chi connectivity index (χ1n) is 18.5. The first-order valence-corrected chi connectivity index (χ1v) is 18.5. The summed E-state index contributed by atoms with van der Waals surface area (Å²) < 4.78 is 2.42. The molecule has 9 aromatic carbocycles. The van der Waals surface area contributed by atoms with Crippen LogP contribution in [-0.2, 0) is 0 Å². The number of para-hydroxylation sites is 3. The van der Waals surface area contributed by atoms with Gasteiger partial charge in [-0.25, -0.2) is 0 Å². The number of anilines is 3. The second-order valence-corrected chi connectivity index (χ2v) is 13.8. The van der Waals surface area contributed by atoms with Gasteiger partial charge in [-0.1, -0.05) is 152 Å². The molecule has 0 atom stereocenters. The summed E-state index contributed by atoms with van der Waals surface area (Å²) in [6, 6.07) is 78.9. The van der Waals surface area contributed by atoms with Gasteiger partial charge >= 0.3 is 0 Å². The van der Waals surface area contributed by atoms with E-state index in [-0.39, 0.29) is 0 Å². The summed E-state index contributed by atoms with van der Waals surface area (Å²) in [5.74, 6) is 0. The van der Waals surface area contributed by atoms with Crippen LogP contribution in [0.2, 0.25) is 0 Å². The second kappa shape index (κ2) is 13.4. The van der Waals surface area contributed by atoms with Crippen LogP contribution in [0.25, 0.3) is 71.6 Å². The smallest absolute Gasteiger partial charge is 0.0541 e. The van der Waals surface area contributed by atoms with Crippen molar-refractivity contribution in [3.63, 3.8) is 0 Å². The van der Waals surface area contributed by atoms with Crippen molar-refractivity contribution in [3.05, 3.63) is 218 Å². The topological polar surface area (TPSA) is 8.17 Å². The average molecular weight is 689 g/mol. The van der Waals surface area contributed by atoms with Crippen molar-refractivity contribution in [1.82, 2.24) is 4.57 Å². The van der Waals surface area contributed by atoms with E-state index in [4.69, 9.17) is 0 Å². The number of fused-ring (bicyclic) bond motifs is 4. The summed E-state index contributed by atoms with van der Waals surface area (Å²) in [6.07, 6.45) is 0. The van der Waals surface area contributed by atoms with Gasteiger partial charge in [-0.05, 0) is 111 Å². The van der Waals surface area contributed by atoms with Crippen molar-refractivity contribution in [2.75, 3.05) is 4.90 Å².